The highest BCUT2D eigenvalue weighted by molar-refractivity contribution is 7.12. The van der Waals surface area contributed by atoms with Crippen LogP contribution in [0.1, 0.15) is 21.4 Å². The molecule has 2 rings (SSSR count). The average Bonchev–Trinajstić information content (AvgIpc) is 2.66. The lowest BCUT2D eigenvalue weighted by molar-refractivity contribution is 0.618. The van der Waals surface area contributed by atoms with Crippen LogP contribution in [0.3, 0.4) is 0 Å². The molecule has 1 aromatic carbocycles. The van der Waals surface area contributed by atoms with Gasteiger partial charge in [-0.2, -0.15) is 0 Å². The fraction of sp³-hybridized carbons (Fsp3) is 0.231. The van der Waals surface area contributed by atoms with E-state index >= 15 is 0 Å². The molecular weight excluding hydrogens is 221 g/mol. The smallest absolute Gasteiger partial charge is 0.123 e. The first kappa shape index (κ1) is 11.3. The van der Waals surface area contributed by atoms with E-state index in [1.165, 1.54) is 15.8 Å². The summed E-state index contributed by atoms with van der Waals surface area (Å²) in [6, 6.07) is 11.0. The maximum atomic E-state index is 13.2. The van der Waals surface area contributed by atoms with Gasteiger partial charge in [0.05, 0.1) is 6.04 Å². The minimum Gasteiger partial charge on any atom is -0.309 e. The van der Waals surface area contributed by atoms with Crippen LogP contribution in [0.2, 0.25) is 0 Å². The number of halogens is 1. The van der Waals surface area contributed by atoms with Crippen LogP contribution in [-0.4, -0.2) is 7.05 Å². The number of aryl methyl sites for hydroxylation is 1. The van der Waals surface area contributed by atoms with Crippen LogP contribution in [0, 0.1) is 12.7 Å². The highest BCUT2D eigenvalue weighted by Gasteiger charge is 2.13. The summed E-state index contributed by atoms with van der Waals surface area (Å²) in [7, 11) is 1.89. The van der Waals surface area contributed by atoms with Crippen molar-refractivity contribution in [3.63, 3.8) is 0 Å². The lowest BCUT2D eigenvalue weighted by atomic mass is 10.1. The van der Waals surface area contributed by atoms with E-state index in [9.17, 15) is 4.39 Å². The van der Waals surface area contributed by atoms with Crippen molar-refractivity contribution in [2.24, 2.45) is 0 Å². The SMILES string of the molecule is CNC(c1cccc(F)c1)c1ccc(C)s1. The van der Waals surface area contributed by atoms with Crippen molar-refractivity contribution in [2.75, 3.05) is 7.05 Å². The third-order valence-corrected chi connectivity index (χ3v) is 3.58. The maximum absolute atomic E-state index is 13.2. The van der Waals surface area contributed by atoms with E-state index in [4.69, 9.17) is 0 Å². The molecule has 84 valence electrons. The van der Waals surface area contributed by atoms with Crippen molar-refractivity contribution in [1.82, 2.24) is 5.32 Å². The topological polar surface area (TPSA) is 12.0 Å². The highest BCUT2D eigenvalue weighted by atomic mass is 32.1. The summed E-state index contributed by atoms with van der Waals surface area (Å²) in [6.07, 6.45) is 0. The van der Waals surface area contributed by atoms with Gasteiger partial charge in [-0.3, -0.25) is 0 Å². The Bertz CT molecular complexity index is 478. The quantitative estimate of drug-likeness (QED) is 0.858. The summed E-state index contributed by atoms with van der Waals surface area (Å²) in [5, 5.41) is 3.22. The summed E-state index contributed by atoms with van der Waals surface area (Å²) >= 11 is 1.74. The molecule has 1 atom stereocenters. The lowest BCUT2D eigenvalue weighted by Crippen LogP contribution is -2.16. The summed E-state index contributed by atoms with van der Waals surface area (Å²) in [6.45, 7) is 2.08. The molecule has 1 aromatic heterocycles. The Hall–Kier alpha value is -1.19. The Morgan fingerprint density at radius 1 is 1.25 bits per heavy atom. The van der Waals surface area contributed by atoms with Crippen LogP contribution in [0.25, 0.3) is 0 Å². The molecule has 0 radical (unpaired) electrons. The molecule has 3 heteroatoms. The van der Waals surface area contributed by atoms with Crippen LogP contribution < -0.4 is 5.32 Å². The fourth-order valence-electron chi connectivity index (χ4n) is 1.77. The normalized spacial score (nSPS) is 12.7. The molecule has 0 aliphatic carbocycles. The molecular formula is C13H14FNS. The predicted octanol–water partition coefficient (Wildman–Crippen LogP) is 3.50. The monoisotopic (exact) mass is 235 g/mol. The second-order valence-corrected chi connectivity index (χ2v) is 5.04. The van der Waals surface area contributed by atoms with E-state index < -0.39 is 0 Å². The molecule has 1 heterocycles. The van der Waals surface area contributed by atoms with Gasteiger partial charge in [-0.25, -0.2) is 4.39 Å². The Morgan fingerprint density at radius 3 is 2.62 bits per heavy atom. The minimum atomic E-state index is -0.189. The Kier molecular flexibility index (Phi) is 3.36. The largest absolute Gasteiger partial charge is 0.309 e. The van der Waals surface area contributed by atoms with Gasteiger partial charge in [0.1, 0.15) is 5.82 Å². The van der Waals surface area contributed by atoms with E-state index in [-0.39, 0.29) is 11.9 Å². The first-order valence-electron chi connectivity index (χ1n) is 5.20. The summed E-state index contributed by atoms with van der Waals surface area (Å²) < 4.78 is 13.2. The van der Waals surface area contributed by atoms with Gasteiger partial charge < -0.3 is 5.32 Å². The van der Waals surface area contributed by atoms with Gasteiger partial charge >= 0.3 is 0 Å². The van der Waals surface area contributed by atoms with Gasteiger partial charge in [-0.05, 0) is 43.8 Å². The van der Waals surface area contributed by atoms with Crippen molar-refractivity contribution in [3.8, 4) is 0 Å². The molecule has 1 nitrogen and oxygen atoms in total. The van der Waals surface area contributed by atoms with Crippen molar-refractivity contribution in [2.45, 2.75) is 13.0 Å². The molecule has 16 heavy (non-hydrogen) atoms. The molecule has 0 amide bonds. The number of hydrogen-bond acceptors (Lipinski definition) is 2. The van der Waals surface area contributed by atoms with E-state index in [0.717, 1.165) is 5.56 Å². The van der Waals surface area contributed by atoms with Crippen LogP contribution in [0.5, 0.6) is 0 Å². The zero-order valence-corrected chi connectivity index (χ0v) is 10.1. The predicted molar refractivity (Wildman–Crippen MR) is 66.4 cm³/mol. The molecule has 0 saturated heterocycles. The van der Waals surface area contributed by atoms with Crippen LogP contribution in [-0.2, 0) is 0 Å². The number of rotatable bonds is 3. The maximum Gasteiger partial charge on any atom is 0.123 e. The highest BCUT2D eigenvalue weighted by Crippen LogP contribution is 2.28. The van der Waals surface area contributed by atoms with Crippen LogP contribution in [0.4, 0.5) is 4.39 Å². The lowest BCUT2D eigenvalue weighted by Gasteiger charge is -2.14. The number of nitrogens with one attached hydrogen (secondary N) is 1. The zero-order valence-electron chi connectivity index (χ0n) is 9.33. The van der Waals surface area contributed by atoms with Gasteiger partial charge in [0.15, 0.2) is 0 Å². The Balaban J connectivity index is 2.36. The Morgan fingerprint density at radius 2 is 2.06 bits per heavy atom. The molecule has 0 fully saturated rings. The summed E-state index contributed by atoms with van der Waals surface area (Å²) in [4.78, 5) is 2.48. The van der Waals surface area contributed by atoms with Gasteiger partial charge in [0, 0.05) is 9.75 Å². The number of hydrogen-bond donors (Lipinski definition) is 1. The third kappa shape index (κ3) is 2.31. The minimum absolute atomic E-state index is 0.0781. The first-order chi connectivity index (χ1) is 7.70. The molecule has 0 aliphatic heterocycles. The number of thiophene rings is 1. The van der Waals surface area contributed by atoms with Gasteiger partial charge in [0.2, 0.25) is 0 Å². The van der Waals surface area contributed by atoms with E-state index in [1.54, 1.807) is 23.5 Å². The third-order valence-electron chi connectivity index (χ3n) is 2.52. The summed E-state index contributed by atoms with van der Waals surface area (Å²) in [5.74, 6) is -0.189. The summed E-state index contributed by atoms with van der Waals surface area (Å²) in [5.41, 5.74) is 0.962. The van der Waals surface area contributed by atoms with Gasteiger partial charge in [-0.1, -0.05) is 12.1 Å². The molecule has 0 aliphatic rings. The van der Waals surface area contributed by atoms with Crippen molar-refractivity contribution >= 4 is 11.3 Å². The molecule has 0 saturated carbocycles. The molecule has 0 bridgehead atoms. The second-order valence-electron chi connectivity index (χ2n) is 3.73. The van der Waals surface area contributed by atoms with E-state index in [2.05, 4.69) is 24.4 Å². The molecule has 2 aromatic rings. The molecule has 0 spiro atoms. The second kappa shape index (κ2) is 4.76. The van der Waals surface area contributed by atoms with E-state index in [0.29, 0.717) is 0 Å². The van der Waals surface area contributed by atoms with E-state index in [1.807, 2.05) is 13.1 Å². The zero-order chi connectivity index (χ0) is 11.5. The van der Waals surface area contributed by atoms with Crippen LogP contribution in [0.15, 0.2) is 36.4 Å². The fourth-order valence-corrected chi connectivity index (χ4v) is 2.78. The first-order valence-corrected chi connectivity index (χ1v) is 6.01. The van der Waals surface area contributed by atoms with Gasteiger partial charge in [0.25, 0.3) is 0 Å². The Labute approximate surface area is 98.9 Å². The molecule has 1 unspecified atom stereocenters. The van der Waals surface area contributed by atoms with Crippen molar-refractivity contribution in [1.29, 1.82) is 0 Å². The van der Waals surface area contributed by atoms with Gasteiger partial charge in [-0.15, -0.1) is 11.3 Å². The van der Waals surface area contributed by atoms with Crippen LogP contribution >= 0.6 is 11.3 Å². The molecule has 1 N–H and O–H groups in total. The average molecular weight is 235 g/mol. The number of benzene rings is 1. The van der Waals surface area contributed by atoms with Crippen molar-refractivity contribution in [3.05, 3.63) is 57.5 Å². The standard InChI is InChI=1S/C13H14FNS/c1-9-6-7-12(16-9)13(15-2)10-4-3-5-11(14)8-10/h3-8,13,15H,1-2H3. The van der Waals surface area contributed by atoms with Crippen molar-refractivity contribution < 1.29 is 4.39 Å².